The van der Waals surface area contributed by atoms with Crippen molar-refractivity contribution in [3.8, 4) is 11.5 Å². The first-order valence-electron chi connectivity index (χ1n) is 9.85. The molecule has 8 nitrogen and oxygen atoms in total. The second kappa shape index (κ2) is 9.39. The summed E-state index contributed by atoms with van der Waals surface area (Å²) < 4.78 is 46.7. The van der Waals surface area contributed by atoms with Crippen molar-refractivity contribution in [1.29, 1.82) is 0 Å². The molecule has 2 aromatic carbocycles. The number of imide groups is 1. The Morgan fingerprint density at radius 3 is 2.45 bits per heavy atom. The van der Waals surface area contributed by atoms with Gasteiger partial charge in [0.2, 0.25) is 5.91 Å². The van der Waals surface area contributed by atoms with Crippen LogP contribution in [0.1, 0.15) is 18.1 Å². The topological polar surface area (TPSA) is 97.0 Å². The van der Waals surface area contributed by atoms with Gasteiger partial charge in [0, 0.05) is 6.54 Å². The largest absolute Gasteiger partial charge is 0.497 e. The van der Waals surface area contributed by atoms with Gasteiger partial charge < -0.3 is 20.1 Å². The first-order chi connectivity index (χ1) is 15.5. The van der Waals surface area contributed by atoms with E-state index in [-0.39, 0.29) is 12.3 Å². The molecule has 3 rings (SSSR count). The molecule has 0 aliphatic carbocycles. The number of urea groups is 1. The minimum atomic E-state index is -4.46. The van der Waals surface area contributed by atoms with Crippen LogP contribution in [0.3, 0.4) is 0 Å². The Bertz CT molecular complexity index is 1040. The number of alkyl halides is 3. The quantitative estimate of drug-likeness (QED) is 0.585. The second-order valence-corrected chi connectivity index (χ2v) is 7.50. The van der Waals surface area contributed by atoms with Crippen LogP contribution in [0, 0.1) is 0 Å². The fourth-order valence-electron chi connectivity index (χ4n) is 3.27. The molecule has 1 aliphatic rings. The van der Waals surface area contributed by atoms with E-state index in [0.29, 0.717) is 16.9 Å². The molecule has 0 radical (unpaired) electrons. The molecular formula is C22H22F3N3O5. The van der Waals surface area contributed by atoms with E-state index in [2.05, 4.69) is 15.4 Å². The molecule has 1 unspecified atom stereocenters. The summed E-state index contributed by atoms with van der Waals surface area (Å²) in [5, 5.41) is 5.15. The van der Waals surface area contributed by atoms with Gasteiger partial charge in [-0.15, -0.1) is 0 Å². The van der Waals surface area contributed by atoms with Gasteiger partial charge in [0.1, 0.15) is 23.6 Å². The molecule has 176 valence electrons. The standard InChI is InChI=1S/C22H22F3N3O5/c1-21(15-6-8-16(32-2)9-7-15)19(30)28(20(31)27-21)12-18(29)26-11-14-4-3-5-17(10-14)33-13-22(23,24)25/h3-10H,11-13H2,1-2H3,(H,26,29)(H,27,31). The fourth-order valence-corrected chi connectivity index (χ4v) is 3.27. The molecule has 1 heterocycles. The maximum absolute atomic E-state index is 12.9. The smallest absolute Gasteiger partial charge is 0.422 e. The SMILES string of the molecule is COc1ccc(C2(C)NC(=O)N(CC(=O)NCc3cccc(OCC(F)(F)F)c3)C2=O)cc1. The number of rotatable bonds is 8. The highest BCUT2D eigenvalue weighted by Gasteiger charge is 2.49. The monoisotopic (exact) mass is 465 g/mol. The predicted molar refractivity (Wildman–Crippen MR) is 110 cm³/mol. The van der Waals surface area contributed by atoms with E-state index < -0.39 is 42.7 Å². The number of ether oxygens (including phenoxy) is 2. The maximum atomic E-state index is 12.9. The van der Waals surface area contributed by atoms with Crippen molar-refractivity contribution in [1.82, 2.24) is 15.5 Å². The molecule has 0 bridgehead atoms. The average molecular weight is 465 g/mol. The van der Waals surface area contributed by atoms with Gasteiger partial charge in [-0.25, -0.2) is 4.79 Å². The zero-order valence-electron chi connectivity index (χ0n) is 17.9. The van der Waals surface area contributed by atoms with Gasteiger partial charge in [0.25, 0.3) is 5.91 Å². The van der Waals surface area contributed by atoms with Gasteiger partial charge in [0.15, 0.2) is 6.61 Å². The average Bonchev–Trinajstić information content (AvgIpc) is 3.00. The van der Waals surface area contributed by atoms with Crippen LogP contribution >= 0.6 is 0 Å². The zero-order valence-corrected chi connectivity index (χ0v) is 17.9. The van der Waals surface area contributed by atoms with Gasteiger partial charge in [-0.2, -0.15) is 13.2 Å². The Hall–Kier alpha value is -3.76. The van der Waals surface area contributed by atoms with Crippen LogP contribution in [0.15, 0.2) is 48.5 Å². The molecular weight excluding hydrogens is 443 g/mol. The lowest BCUT2D eigenvalue weighted by atomic mass is 9.92. The number of amides is 4. The van der Waals surface area contributed by atoms with Gasteiger partial charge in [-0.05, 0) is 42.3 Å². The molecule has 0 spiro atoms. The lowest BCUT2D eigenvalue weighted by Crippen LogP contribution is -2.43. The number of nitrogens with one attached hydrogen (secondary N) is 2. The summed E-state index contributed by atoms with van der Waals surface area (Å²) in [5.41, 5.74) is -0.322. The molecule has 0 aromatic heterocycles. The van der Waals surface area contributed by atoms with E-state index in [4.69, 9.17) is 4.74 Å². The molecule has 1 atom stereocenters. The normalized spacial score (nSPS) is 18.2. The van der Waals surface area contributed by atoms with Crippen LogP contribution < -0.4 is 20.1 Å². The van der Waals surface area contributed by atoms with E-state index >= 15 is 0 Å². The van der Waals surface area contributed by atoms with E-state index in [1.165, 1.54) is 25.3 Å². The summed E-state index contributed by atoms with van der Waals surface area (Å²) in [6, 6.07) is 11.7. The number of carbonyl (C=O) groups excluding carboxylic acids is 3. The molecule has 1 saturated heterocycles. The Morgan fingerprint density at radius 1 is 1.12 bits per heavy atom. The van der Waals surface area contributed by atoms with Crippen molar-refractivity contribution in [3.63, 3.8) is 0 Å². The molecule has 0 saturated carbocycles. The van der Waals surface area contributed by atoms with Crippen molar-refractivity contribution >= 4 is 17.8 Å². The highest BCUT2D eigenvalue weighted by atomic mass is 19.4. The fraction of sp³-hybridized carbons (Fsp3) is 0.318. The summed E-state index contributed by atoms with van der Waals surface area (Å²) in [6.07, 6.45) is -4.46. The van der Waals surface area contributed by atoms with Gasteiger partial charge in [-0.1, -0.05) is 24.3 Å². The Labute approximate surface area is 187 Å². The highest BCUT2D eigenvalue weighted by molar-refractivity contribution is 6.09. The van der Waals surface area contributed by atoms with E-state index in [1.807, 2.05) is 0 Å². The van der Waals surface area contributed by atoms with Crippen LogP contribution in [0.25, 0.3) is 0 Å². The first-order valence-corrected chi connectivity index (χ1v) is 9.85. The van der Waals surface area contributed by atoms with Crippen LogP contribution in [0.5, 0.6) is 11.5 Å². The molecule has 1 fully saturated rings. The molecule has 4 amide bonds. The number of halogens is 3. The summed E-state index contributed by atoms with van der Waals surface area (Å²) in [6.45, 7) is -0.427. The van der Waals surface area contributed by atoms with Crippen molar-refractivity contribution in [3.05, 3.63) is 59.7 Å². The van der Waals surface area contributed by atoms with Crippen LogP contribution in [0.2, 0.25) is 0 Å². The lowest BCUT2D eigenvalue weighted by Gasteiger charge is -2.22. The number of hydrogen-bond donors (Lipinski definition) is 2. The third kappa shape index (κ3) is 5.73. The summed E-state index contributed by atoms with van der Waals surface area (Å²) in [4.78, 5) is 38.5. The lowest BCUT2D eigenvalue weighted by molar-refractivity contribution is -0.153. The van der Waals surface area contributed by atoms with Crippen molar-refractivity contribution in [2.75, 3.05) is 20.3 Å². The van der Waals surface area contributed by atoms with E-state index in [1.54, 1.807) is 37.3 Å². The predicted octanol–water partition coefficient (Wildman–Crippen LogP) is 2.72. The summed E-state index contributed by atoms with van der Waals surface area (Å²) in [7, 11) is 1.51. The van der Waals surface area contributed by atoms with Gasteiger partial charge in [-0.3, -0.25) is 14.5 Å². The minimum absolute atomic E-state index is 0.00318. The number of nitrogens with zero attached hydrogens (tertiary/aromatic N) is 1. The number of methoxy groups -OCH3 is 1. The molecule has 2 N–H and O–H groups in total. The Kier molecular flexibility index (Phi) is 6.80. The van der Waals surface area contributed by atoms with Crippen molar-refractivity contribution in [2.24, 2.45) is 0 Å². The molecule has 1 aliphatic heterocycles. The van der Waals surface area contributed by atoms with Crippen molar-refractivity contribution in [2.45, 2.75) is 25.2 Å². The van der Waals surface area contributed by atoms with E-state index in [9.17, 15) is 27.6 Å². The highest BCUT2D eigenvalue weighted by Crippen LogP contribution is 2.30. The first kappa shape index (κ1) is 23.9. The van der Waals surface area contributed by atoms with Crippen LogP contribution in [-0.4, -0.2) is 49.2 Å². The second-order valence-electron chi connectivity index (χ2n) is 7.50. The maximum Gasteiger partial charge on any atom is 0.422 e. The number of hydrogen-bond acceptors (Lipinski definition) is 5. The van der Waals surface area contributed by atoms with Crippen LogP contribution in [-0.2, 0) is 21.7 Å². The summed E-state index contributed by atoms with van der Waals surface area (Å²) in [5.74, 6) is -0.610. The third-order valence-corrected chi connectivity index (χ3v) is 5.03. The molecule has 33 heavy (non-hydrogen) atoms. The van der Waals surface area contributed by atoms with E-state index in [0.717, 1.165) is 4.90 Å². The third-order valence-electron chi connectivity index (χ3n) is 5.03. The number of benzene rings is 2. The Balaban J connectivity index is 1.59. The minimum Gasteiger partial charge on any atom is -0.497 e. The van der Waals surface area contributed by atoms with Crippen molar-refractivity contribution < 1.29 is 37.0 Å². The van der Waals surface area contributed by atoms with Crippen LogP contribution in [0.4, 0.5) is 18.0 Å². The molecule has 11 heteroatoms. The summed E-state index contributed by atoms with van der Waals surface area (Å²) >= 11 is 0. The molecule has 2 aromatic rings. The van der Waals surface area contributed by atoms with Gasteiger partial charge in [0.05, 0.1) is 7.11 Å². The Morgan fingerprint density at radius 2 is 1.82 bits per heavy atom. The zero-order chi connectivity index (χ0) is 24.2. The van der Waals surface area contributed by atoms with Gasteiger partial charge >= 0.3 is 12.2 Å². The number of carbonyl (C=O) groups is 3.